The second kappa shape index (κ2) is 30.9. The SMILES string of the molecule is CC(C)(C)c1ccc2c(c1)C1(c3ccccc3-c3ccc(Br)cc31)c1cc(C(C)(C)C)ccc1-2.[2H]C([2H])([2H])C(C)(C)c1ccc(-c2ccccc2N(c2ccc3c(c2)C(C)(C)c2ccccc2-3)c2ccc3c(c2)C2(c4ccccc4-3)c3cc(C(C)(C)C)ccc3-c3ccc(C(C)(C)C)cc32)cc1.[2H]C([2H])([2H])C(C)(C)c1ccc(-c2ccccc2Nc2ccc3c(c2)C(C)(C)c2ccccc2-3)cc1. The minimum atomic E-state index is -2.14. The van der Waals surface area contributed by atoms with Crippen LogP contribution < -0.4 is 10.2 Å². The molecule has 0 heterocycles. The Balaban J connectivity index is 0.000000141. The van der Waals surface area contributed by atoms with E-state index in [-0.39, 0.29) is 37.9 Å². The Hall–Kier alpha value is -12.4. The summed E-state index contributed by atoms with van der Waals surface area (Å²) in [7, 11) is 0. The fourth-order valence-corrected chi connectivity index (χ4v) is 22.8. The lowest BCUT2D eigenvalue weighted by atomic mass is 9.68. The Morgan fingerprint density at radius 2 is 0.519 bits per heavy atom. The first-order chi connectivity index (χ1) is 64.7. The molecule has 2 spiro atoms. The Morgan fingerprint density at radius 3 is 0.924 bits per heavy atom. The number of para-hydroxylation sites is 2. The van der Waals surface area contributed by atoms with Crippen molar-refractivity contribution in [2.45, 2.75) is 206 Å². The van der Waals surface area contributed by atoms with E-state index in [9.17, 15) is 0 Å². The molecule has 16 aromatic carbocycles. The quantitative estimate of drug-likeness (QED) is 0.171. The van der Waals surface area contributed by atoms with Gasteiger partial charge in [0.1, 0.15) is 0 Å². The molecule has 6 aliphatic carbocycles. The van der Waals surface area contributed by atoms with Crippen molar-refractivity contribution in [3.8, 4) is 89.0 Å². The molecule has 0 amide bonds. The molecule has 652 valence electrons. The Labute approximate surface area is 797 Å². The van der Waals surface area contributed by atoms with Crippen LogP contribution in [0.1, 0.15) is 261 Å². The zero-order valence-electron chi connectivity index (χ0n) is 85.7. The summed E-state index contributed by atoms with van der Waals surface area (Å²) in [5.74, 6) is 0. The molecular formula is C128H123BrN2. The van der Waals surface area contributed by atoms with Gasteiger partial charge in [0.25, 0.3) is 0 Å². The summed E-state index contributed by atoms with van der Waals surface area (Å²) in [6.45, 7) is 40.1. The molecule has 2 nitrogen and oxygen atoms in total. The highest BCUT2D eigenvalue weighted by Gasteiger charge is 2.55. The summed E-state index contributed by atoms with van der Waals surface area (Å²) in [6, 6.07) is 125. The third-order valence-electron chi connectivity index (χ3n) is 29.6. The number of anilines is 5. The van der Waals surface area contributed by atoms with Crippen molar-refractivity contribution in [2.24, 2.45) is 0 Å². The second-order valence-electron chi connectivity index (χ2n) is 43.8. The van der Waals surface area contributed by atoms with Gasteiger partial charge in [0, 0.05) is 57.4 Å². The van der Waals surface area contributed by atoms with Crippen molar-refractivity contribution in [3.05, 3.63) is 444 Å². The van der Waals surface area contributed by atoms with Gasteiger partial charge in [0.2, 0.25) is 0 Å². The lowest BCUT2D eigenvalue weighted by molar-refractivity contribution is 0.586. The molecule has 0 aromatic heterocycles. The average molecular weight is 1780 g/mol. The number of halogens is 1. The normalized spacial score (nSPS) is 15.6. The number of fused-ring (bicyclic) bond motifs is 26. The number of hydrogen-bond donors (Lipinski definition) is 1. The van der Waals surface area contributed by atoms with Gasteiger partial charge in [-0.25, -0.2) is 0 Å². The van der Waals surface area contributed by atoms with E-state index < -0.39 is 29.9 Å². The van der Waals surface area contributed by atoms with Crippen LogP contribution in [-0.2, 0) is 54.1 Å². The van der Waals surface area contributed by atoms with Crippen LogP contribution in [0.2, 0.25) is 0 Å². The highest BCUT2D eigenvalue weighted by Crippen LogP contribution is 2.67. The van der Waals surface area contributed by atoms with Crippen LogP contribution in [0, 0.1) is 0 Å². The zero-order valence-corrected chi connectivity index (χ0v) is 81.2. The van der Waals surface area contributed by atoms with Crippen molar-refractivity contribution >= 4 is 44.4 Å². The van der Waals surface area contributed by atoms with E-state index in [2.05, 4.69) is 428 Å². The summed E-state index contributed by atoms with van der Waals surface area (Å²) in [6.07, 6.45) is 0. The number of nitrogens with zero attached hydrogens (tertiary/aromatic N) is 1. The molecule has 22 rings (SSSR count). The van der Waals surface area contributed by atoms with Crippen molar-refractivity contribution in [1.82, 2.24) is 0 Å². The molecule has 131 heavy (non-hydrogen) atoms. The Bertz CT molecular complexity index is 7440. The van der Waals surface area contributed by atoms with Gasteiger partial charge in [-0.1, -0.05) is 447 Å². The lowest BCUT2D eigenvalue weighted by Gasteiger charge is -2.34. The Morgan fingerprint density at radius 1 is 0.237 bits per heavy atom. The summed E-state index contributed by atoms with van der Waals surface area (Å²) in [5.41, 5.74) is 45.6. The predicted octanol–water partition coefficient (Wildman–Crippen LogP) is 35.5. The summed E-state index contributed by atoms with van der Waals surface area (Å²) in [5, 5.41) is 3.64. The molecule has 0 aliphatic heterocycles. The third kappa shape index (κ3) is 14.1. The van der Waals surface area contributed by atoms with Gasteiger partial charge in [-0.2, -0.15) is 0 Å². The molecule has 0 radical (unpaired) electrons. The van der Waals surface area contributed by atoms with Crippen molar-refractivity contribution in [2.75, 3.05) is 10.2 Å². The topological polar surface area (TPSA) is 15.3 Å². The predicted molar refractivity (Wildman–Crippen MR) is 562 cm³/mol. The first-order valence-corrected chi connectivity index (χ1v) is 47.7. The maximum atomic E-state index is 8.33. The summed E-state index contributed by atoms with van der Waals surface area (Å²) in [4.78, 5) is 2.47. The van der Waals surface area contributed by atoms with Gasteiger partial charge >= 0.3 is 0 Å². The van der Waals surface area contributed by atoms with Crippen LogP contribution in [0.4, 0.5) is 28.4 Å². The summed E-state index contributed by atoms with van der Waals surface area (Å²) >= 11 is 3.81. The average Bonchev–Trinajstić information content (AvgIpc) is 1.50. The number of rotatable bonds is 7. The number of hydrogen-bond acceptors (Lipinski definition) is 2. The maximum Gasteiger partial charge on any atom is 0.0726 e. The third-order valence-corrected chi connectivity index (χ3v) is 30.1. The Kier molecular flexibility index (Phi) is 18.7. The van der Waals surface area contributed by atoms with E-state index in [0.717, 1.165) is 66.3 Å². The number of benzene rings is 16. The molecule has 3 heteroatoms. The van der Waals surface area contributed by atoms with E-state index in [1.807, 2.05) is 62.4 Å². The van der Waals surface area contributed by atoms with Gasteiger partial charge < -0.3 is 10.2 Å². The molecule has 0 saturated carbocycles. The van der Waals surface area contributed by atoms with Gasteiger partial charge in [-0.15, -0.1) is 0 Å². The molecule has 16 aromatic rings. The van der Waals surface area contributed by atoms with Crippen molar-refractivity contribution < 1.29 is 8.22 Å². The summed E-state index contributed by atoms with van der Waals surface area (Å²) < 4.78 is 49.8. The van der Waals surface area contributed by atoms with Crippen LogP contribution >= 0.6 is 15.9 Å². The lowest BCUT2D eigenvalue weighted by Crippen LogP contribution is -2.27. The van der Waals surface area contributed by atoms with E-state index in [1.165, 1.54) is 156 Å². The molecule has 0 fully saturated rings. The standard InChI is InChI=1S/C64H61N.C33H31Br.C31H31N/c1-60(2,3)41-26-24-40(25-27-41)46-18-14-17-23-59(46)65(44-30-34-49-47-19-12-15-21-53(47)63(10,11)55(49)38-44)45-31-35-52-48-20-13-16-22-54(48)64(58(52)39-45)56-36-42(61(4,5)6)28-32-50(56)51-33-29-43(37-57(51)64)62(7,8)9;1-31(2,3)20-11-14-24-25-15-12-21(32(4,5)6)18-29(25)33(28(24)17-20)27-10-8-7-9-23(27)26-16-13-22(34)19-30(26)33;1-30(2,3)22-16-14-21(15-17-22)24-10-7-9-13-29(24)32-23-18-19-26-25-11-6-8-12-27(25)31(4,5)28(26)20-23/h12-39H,1-11H3;7-19H,1-6H3;6-20,32H,1-5H3/i1D3;;1D3. The van der Waals surface area contributed by atoms with Gasteiger partial charge in [0.05, 0.1) is 16.5 Å². The van der Waals surface area contributed by atoms with E-state index in [1.54, 1.807) is 13.8 Å². The van der Waals surface area contributed by atoms with Gasteiger partial charge in [0.15, 0.2) is 0 Å². The molecule has 0 atom stereocenters. The number of nitrogens with one attached hydrogen (secondary N) is 1. The van der Waals surface area contributed by atoms with Crippen molar-refractivity contribution in [3.63, 3.8) is 0 Å². The van der Waals surface area contributed by atoms with Crippen LogP contribution in [0.15, 0.2) is 344 Å². The molecule has 0 bridgehead atoms. The first kappa shape index (κ1) is 79.5. The van der Waals surface area contributed by atoms with E-state index in [0.29, 0.717) is 0 Å². The van der Waals surface area contributed by atoms with Gasteiger partial charge in [-0.05, 0) is 271 Å². The minimum Gasteiger partial charge on any atom is -0.355 e. The van der Waals surface area contributed by atoms with Gasteiger partial charge in [-0.3, -0.25) is 0 Å². The molecule has 1 N–H and O–H groups in total. The highest BCUT2D eigenvalue weighted by molar-refractivity contribution is 9.10. The van der Waals surface area contributed by atoms with Crippen LogP contribution in [0.3, 0.4) is 0 Å². The fourth-order valence-electron chi connectivity index (χ4n) is 22.4. The van der Waals surface area contributed by atoms with E-state index in [4.69, 9.17) is 8.22 Å². The molecular weight excluding hydrogens is 1650 g/mol. The molecule has 0 unspecified atom stereocenters. The van der Waals surface area contributed by atoms with Crippen LogP contribution in [0.5, 0.6) is 0 Å². The maximum absolute atomic E-state index is 8.33. The monoisotopic (exact) mass is 1770 g/mol. The first-order valence-electron chi connectivity index (χ1n) is 49.9. The second-order valence-corrected chi connectivity index (χ2v) is 44.7. The smallest absolute Gasteiger partial charge is 0.0726 e. The van der Waals surface area contributed by atoms with Crippen LogP contribution in [-0.4, -0.2) is 0 Å². The zero-order chi connectivity index (χ0) is 97.0. The highest BCUT2D eigenvalue weighted by atomic mass is 79.9. The van der Waals surface area contributed by atoms with Crippen molar-refractivity contribution in [1.29, 1.82) is 0 Å². The molecule has 6 aliphatic rings. The molecule has 0 saturated heterocycles. The van der Waals surface area contributed by atoms with Crippen LogP contribution in [0.25, 0.3) is 89.0 Å². The largest absolute Gasteiger partial charge is 0.355 e. The van der Waals surface area contributed by atoms with E-state index >= 15 is 0 Å². The fraction of sp³-hybridized carbons (Fsp3) is 0.250. The minimum absolute atomic E-state index is 0.0471.